The van der Waals surface area contributed by atoms with E-state index in [4.69, 9.17) is 27.2 Å². The second-order valence-electron chi connectivity index (χ2n) is 5.53. The zero-order chi connectivity index (χ0) is 18.6. The van der Waals surface area contributed by atoms with E-state index in [1.807, 2.05) is 13.1 Å². The Morgan fingerprint density at radius 2 is 0.958 bits per heavy atom. The van der Waals surface area contributed by atoms with Crippen molar-refractivity contribution in [2.24, 2.45) is 0 Å². The lowest BCUT2D eigenvalue weighted by Gasteiger charge is -2.22. The van der Waals surface area contributed by atoms with Crippen LogP contribution in [0.15, 0.2) is 0 Å². The normalized spacial score (nSPS) is 12.1. The molecule has 0 aliphatic rings. The fourth-order valence-electron chi connectivity index (χ4n) is 1.69. The van der Waals surface area contributed by atoms with E-state index in [0.717, 1.165) is 0 Å². The van der Waals surface area contributed by atoms with Crippen LogP contribution in [0.2, 0.25) is 25.2 Å². The molecule has 0 unspecified atom stereocenters. The highest BCUT2D eigenvalue weighted by Crippen LogP contribution is 2.15. The van der Waals surface area contributed by atoms with Crippen LogP contribution >= 0.6 is 0 Å². The van der Waals surface area contributed by atoms with E-state index in [9.17, 15) is 9.59 Å². The van der Waals surface area contributed by atoms with E-state index >= 15 is 0 Å². The number of rotatable bonds is 13. The van der Waals surface area contributed by atoms with Gasteiger partial charge in [-0.1, -0.05) is 0 Å². The van der Waals surface area contributed by atoms with Crippen molar-refractivity contribution in [2.75, 3.05) is 41.7 Å². The Bertz CT molecular complexity index is 347. The summed E-state index contributed by atoms with van der Waals surface area (Å²) in [5, 5.41) is 0. The Labute approximate surface area is 146 Å². The summed E-state index contributed by atoms with van der Waals surface area (Å²) in [7, 11) is 1.75. The summed E-state index contributed by atoms with van der Waals surface area (Å²) >= 11 is 0. The molecular weight excluding hydrogens is 352 g/mol. The number of ether oxygens (including phenoxy) is 2. The topological polar surface area (TPSA) is 89.5 Å². The van der Waals surface area contributed by atoms with E-state index in [1.54, 1.807) is 28.4 Å². The second kappa shape index (κ2) is 11.7. The predicted octanol–water partition coefficient (Wildman–Crippen LogP) is 1.58. The minimum absolute atomic E-state index is 0.0338. The van der Waals surface area contributed by atoms with E-state index in [-0.39, 0.29) is 38.0 Å². The first-order valence-corrected chi connectivity index (χ1v) is 12.8. The van der Waals surface area contributed by atoms with Crippen molar-refractivity contribution in [3.05, 3.63) is 0 Å². The summed E-state index contributed by atoms with van der Waals surface area (Å²) < 4.78 is 31.2. The second-order valence-corrected chi connectivity index (χ2v) is 12.7. The summed E-state index contributed by atoms with van der Waals surface area (Å²) in [4.78, 5) is 23.2. The molecule has 10 heteroatoms. The van der Waals surface area contributed by atoms with Crippen LogP contribution < -0.4 is 0 Å². The molecule has 0 radical (unpaired) electrons. The Balaban J connectivity index is 3.85. The molecule has 0 spiro atoms. The summed E-state index contributed by atoms with van der Waals surface area (Å²) in [6.45, 7) is 3.82. The van der Waals surface area contributed by atoms with Crippen LogP contribution in [-0.2, 0) is 36.8 Å². The third kappa shape index (κ3) is 9.50. The average molecular weight is 383 g/mol. The monoisotopic (exact) mass is 382 g/mol. The molecule has 0 atom stereocenters. The highest BCUT2D eigenvalue weighted by Gasteiger charge is 2.30. The van der Waals surface area contributed by atoms with E-state index < -0.39 is 17.1 Å². The van der Waals surface area contributed by atoms with E-state index in [1.165, 1.54) is 0 Å². The fraction of sp³-hybridized carbons (Fsp3) is 0.857. The van der Waals surface area contributed by atoms with Gasteiger partial charge in [0, 0.05) is 53.4 Å². The van der Waals surface area contributed by atoms with Gasteiger partial charge in [0.2, 0.25) is 0 Å². The van der Waals surface area contributed by atoms with Gasteiger partial charge >= 0.3 is 29.1 Å². The average Bonchev–Trinajstić information content (AvgIpc) is 2.61. The molecule has 0 aromatic rings. The van der Waals surface area contributed by atoms with Crippen LogP contribution in [0.1, 0.15) is 12.8 Å². The lowest BCUT2D eigenvalue weighted by molar-refractivity contribution is -0.151. The minimum atomic E-state index is -2.27. The van der Waals surface area contributed by atoms with Gasteiger partial charge in [0.1, 0.15) is 13.2 Å². The first-order chi connectivity index (χ1) is 11.2. The molecule has 0 aromatic heterocycles. The first kappa shape index (κ1) is 23.2. The number of hydrogen-bond donors (Lipinski definition) is 0. The molecule has 0 aliphatic heterocycles. The van der Waals surface area contributed by atoms with Crippen molar-refractivity contribution in [1.82, 2.24) is 0 Å². The molecule has 0 saturated carbocycles. The van der Waals surface area contributed by atoms with Gasteiger partial charge in [-0.2, -0.15) is 0 Å². The third-order valence-electron chi connectivity index (χ3n) is 3.90. The van der Waals surface area contributed by atoms with Crippen molar-refractivity contribution in [2.45, 2.75) is 38.0 Å². The van der Waals surface area contributed by atoms with Crippen molar-refractivity contribution < 1.29 is 36.8 Å². The molecule has 0 rings (SSSR count). The third-order valence-corrected chi connectivity index (χ3v) is 9.67. The van der Waals surface area contributed by atoms with Gasteiger partial charge < -0.3 is 27.2 Å². The Kier molecular flexibility index (Phi) is 11.3. The van der Waals surface area contributed by atoms with Crippen LogP contribution in [0.4, 0.5) is 0 Å². The van der Waals surface area contributed by atoms with Gasteiger partial charge in [-0.25, -0.2) is 0 Å². The summed E-state index contributed by atoms with van der Waals surface area (Å²) in [5.74, 6) is -0.727. The fourth-order valence-corrected chi connectivity index (χ4v) is 4.15. The molecule has 0 fully saturated rings. The molecule has 0 bridgehead atoms. The van der Waals surface area contributed by atoms with Crippen LogP contribution in [0.5, 0.6) is 0 Å². The van der Waals surface area contributed by atoms with Gasteiger partial charge in [0.05, 0.1) is 0 Å². The van der Waals surface area contributed by atoms with Gasteiger partial charge in [-0.15, -0.1) is 0 Å². The summed E-state index contributed by atoms with van der Waals surface area (Å²) in [5.41, 5.74) is 0. The lowest BCUT2D eigenvalue weighted by Crippen LogP contribution is -2.36. The molecule has 142 valence electrons. The Morgan fingerprint density at radius 1 is 0.667 bits per heavy atom. The number of carbonyl (C=O) groups excluding carboxylic acids is 2. The highest BCUT2D eigenvalue weighted by molar-refractivity contribution is 6.66. The molecule has 0 N–H and O–H groups in total. The maximum atomic E-state index is 11.6. The largest absolute Gasteiger partial charge is 0.462 e. The van der Waals surface area contributed by atoms with E-state index in [2.05, 4.69) is 0 Å². The van der Waals surface area contributed by atoms with Crippen LogP contribution in [0, 0.1) is 0 Å². The molecule has 0 heterocycles. The minimum Gasteiger partial charge on any atom is -0.462 e. The van der Waals surface area contributed by atoms with Crippen LogP contribution in [0.25, 0.3) is 0 Å². The molecule has 0 aromatic carbocycles. The van der Waals surface area contributed by atoms with Gasteiger partial charge in [-0.05, 0) is 13.1 Å². The zero-order valence-corrected chi connectivity index (χ0v) is 17.5. The molecule has 0 saturated heterocycles. The number of esters is 2. The van der Waals surface area contributed by atoms with Crippen LogP contribution in [0.3, 0.4) is 0 Å². The molecule has 24 heavy (non-hydrogen) atoms. The van der Waals surface area contributed by atoms with Gasteiger partial charge in [0.25, 0.3) is 0 Å². The quantitative estimate of drug-likeness (QED) is 0.269. The molecular formula is C14H30O8Si2. The highest BCUT2D eigenvalue weighted by atomic mass is 28.4. The van der Waals surface area contributed by atoms with Crippen LogP contribution in [-0.4, -0.2) is 70.7 Å². The maximum Gasteiger partial charge on any atom is 0.334 e. The lowest BCUT2D eigenvalue weighted by atomic mass is 10.5. The number of hydrogen-bond acceptors (Lipinski definition) is 8. The maximum absolute atomic E-state index is 11.6. The van der Waals surface area contributed by atoms with E-state index in [0.29, 0.717) is 12.1 Å². The van der Waals surface area contributed by atoms with Crippen molar-refractivity contribution in [3.63, 3.8) is 0 Å². The molecule has 0 aliphatic carbocycles. The zero-order valence-electron chi connectivity index (χ0n) is 15.5. The van der Waals surface area contributed by atoms with Gasteiger partial charge in [0.15, 0.2) is 0 Å². The smallest absolute Gasteiger partial charge is 0.334 e. The Hall–Kier alpha value is -0.786. The first-order valence-electron chi connectivity index (χ1n) is 7.76. The Morgan fingerprint density at radius 3 is 1.21 bits per heavy atom. The summed E-state index contributed by atoms with van der Waals surface area (Å²) in [6.07, 6.45) is 0.425. The number of carbonyl (C=O) groups is 2. The molecule has 8 nitrogen and oxygen atoms in total. The van der Waals surface area contributed by atoms with Gasteiger partial charge in [-0.3, -0.25) is 9.59 Å². The standard InChI is InChI=1S/C14H30O8Si2/c1-17-23(5,18-2)11-7-13(15)21-9-10-22-14(16)8-12-24(6,19-3)20-4/h7-12H2,1-6H3. The van der Waals surface area contributed by atoms with Crippen molar-refractivity contribution in [1.29, 1.82) is 0 Å². The van der Waals surface area contributed by atoms with Crippen molar-refractivity contribution >= 4 is 29.1 Å². The SMILES string of the molecule is CO[Si](C)(CCC(=O)OCCOC(=O)CC[Si](C)(OC)OC)OC. The summed E-state index contributed by atoms with van der Waals surface area (Å²) in [6, 6.07) is 1.02. The van der Waals surface area contributed by atoms with Crippen molar-refractivity contribution in [3.8, 4) is 0 Å². The predicted molar refractivity (Wildman–Crippen MR) is 92.0 cm³/mol. The molecule has 0 amide bonds.